The van der Waals surface area contributed by atoms with Crippen molar-refractivity contribution >= 4 is 11.8 Å². The van der Waals surface area contributed by atoms with E-state index >= 15 is 0 Å². The highest BCUT2D eigenvalue weighted by molar-refractivity contribution is 8.02. The molecule has 2 heteroatoms. The Hall–Kier alpha value is -0.630. The van der Waals surface area contributed by atoms with Crippen molar-refractivity contribution in [1.29, 1.82) is 0 Å². The van der Waals surface area contributed by atoms with Gasteiger partial charge in [-0.25, -0.2) is 0 Å². The standard InChI is InChI=1S/C13H21NS/c1-12(2)5-4-6-13(3)7-8-14-9-10-15-11-14/h5,7,9-10H,4,6,8,11H2,1-3H3. The van der Waals surface area contributed by atoms with Gasteiger partial charge < -0.3 is 4.90 Å². The first-order valence-electron chi connectivity index (χ1n) is 5.50. The Balaban J connectivity index is 2.20. The molecule has 0 bridgehead atoms. The van der Waals surface area contributed by atoms with Gasteiger partial charge in [-0.1, -0.05) is 23.3 Å². The fourth-order valence-electron chi connectivity index (χ4n) is 1.39. The van der Waals surface area contributed by atoms with Crippen LogP contribution in [-0.4, -0.2) is 17.3 Å². The van der Waals surface area contributed by atoms with Crippen molar-refractivity contribution in [2.75, 3.05) is 12.4 Å². The molecule has 0 fully saturated rings. The molecule has 0 atom stereocenters. The van der Waals surface area contributed by atoms with Crippen molar-refractivity contribution in [2.24, 2.45) is 0 Å². The SMILES string of the molecule is CC(C)=CCCC(C)=CCN1C=CSC1. The fourth-order valence-corrected chi connectivity index (χ4v) is 2.12. The third-order valence-electron chi connectivity index (χ3n) is 2.37. The molecule has 0 spiro atoms. The highest BCUT2D eigenvalue weighted by Gasteiger charge is 2.01. The van der Waals surface area contributed by atoms with Crippen LogP contribution in [0.5, 0.6) is 0 Å². The molecule has 0 saturated heterocycles. The fraction of sp³-hybridized carbons (Fsp3) is 0.538. The van der Waals surface area contributed by atoms with Crippen LogP contribution in [0.25, 0.3) is 0 Å². The summed E-state index contributed by atoms with van der Waals surface area (Å²) in [6.07, 6.45) is 9.19. The Bertz CT molecular complexity index is 272. The summed E-state index contributed by atoms with van der Waals surface area (Å²) in [5, 5.41) is 2.16. The van der Waals surface area contributed by atoms with E-state index in [-0.39, 0.29) is 0 Å². The van der Waals surface area contributed by atoms with Gasteiger partial charge >= 0.3 is 0 Å². The molecule has 84 valence electrons. The minimum atomic E-state index is 1.06. The van der Waals surface area contributed by atoms with Crippen LogP contribution in [0.1, 0.15) is 33.6 Å². The van der Waals surface area contributed by atoms with Crippen LogP contribution in [0, 0.1) is 0 Å². The minimum absolute atomic E-state index is 1.06. The van der Waals surface area contributed by atoms with Gasteiger partial charge in [0.15, 0.2) is 0 Å². The maximum Gasteiger partial charge on any atom is 0.0678 e. The number of hydrogen-bond donors (Lipinski definition) is 0. The monoisotopic (exact) mass is 223 g/mol. The summed E-state index contributed by atoms with van der Waals surface area (Å²) in [4.78, 5) is 2.33. The number of thioether (sulfide) groups is 1. The lowest BCUT2D eigenvalue weighted by Gasteiger charge is -2.11. The molecule has 0 saturated carbocycles. The Kier molecular flexibility index (Phi) is 5.62. The summed E-state index contributed by atoms with van der Waals surface area (Å²) in [5.74, 6) is 1.11. The topological polar surface area (TPSA) is 3.24 Å². The molecule has 0 aromatic rings. The normalized spacial score (nSPS) is 15.9. The Morgan fingerprint density at radius 1 is 1.33 bits per heavy atom. The quantitative estimate of drug-likeness (QED) is 0.644. The van der Waals surface area contributed by atoms with Gasteiger partial charge in [-0.3, -0.25) is 0 Å². The van der Waals surface area contributed by atoms with Gasteiger partial charge in [0, 0.05) is 12.7 Å². The third-order valence-corrected chi connectivity index (χ3v) is 3.17. The second kappa shape index (κ2) is 6.78. The van der Waals surface area contributed by atoms with Crippen molar-refractivity contribution in [3.63, 3.8) is 0 Å². The first-order valence-corrected chi connectivity index (χ1v) is 6.54. The summed E-state index contributed by atoms with van der Waals surface area (Å²) < 4.78 is 0. The lowest BCUT2D eigenvalue weighted by atomic mass is 10.1. The molecule has 0 N–H and O–H groups in total. The molecule has 0 aromatic heterocycles. The third kappa shape index (κ3) is 5.73. The minimum Gasteiger partial charge on any atom is -0.364 e. The second-order valence-corrected chi connectivity index (χ2v) is 5.09. The Morgan fingerprint density at radius 3 is 2.73 bits per heavy atom. The van der Waals surface area contributed by atoms with Crippen LogP contribution in [0.2, 0.25) is 0 Å². The molecule has 0 radical (unpaired) electrons. The van der Waals surface area contributed by atoms with E-state index in [1.54, 1.807) is 0 Å². The van der Waals surface area contributed by atoms with E-state index in [0.717, 1.165) is 12.4 Å². The average Bonchev–Trinajstić information content (AvgIpc) is 2.66. The van der Waals surface area contributed by atoms with Crippen LogP contribution in [0.3, 0.4) is 0 Å². The van der Waals surface area contributed by atoms with Crippen LogP contribution in [-0.2, 0) is 0 Å². The van der Waals surface area contributed by atoms with Crippen molar-refractivity contribution in [1.82, 2.24) is 4.90 Å². The number of allylic oxidation sites excluding steroid dienone is 3. The van der Waals surface area contributed by atoms with E-state index in [1.807, 2.05) is 11.8 Å². The van der Waals surface area contributed by atoms with Gasteiger partial charge in [-0.15, -0.1) is 11.8 Å². The molecule has 0 amide bonds. The Morgan fingerprint density at radius 2 is 2.13 bits per heavy atom. The summed E-state index contributed by atoms with van der Waals surface area (Å²) in [5.41, 5.74) is 2.92. The number of hydrogen-bond acceptors (Lipinski definition) is 2. The predicted molar refractivity (Wildman–Crippen MR) is 70.7 cm³/mol. The molecule has 1 aliphatic rings. The van der Waals surface area contributed by atoms with Crippen molar-refractivity contribution in [2.45, 2.75) is 33.6 Å². The van der Waals surface area contributed by atoms with Crippen LogP contribution < -0.4 is 0 Å². The Labute approximate surface area is 97.9 Å². The van der Waals surface area contributed by atoms with E-state index < -0.39 is 0 Å². The summed E-state index contributed by atoms with van der Waals surface area (Å²) in [6, 6.07) is 0. The molecule has 1 heterocycles. The molecule has 1 rings (SSSR count). The molecule has 0 aliphatic carbocycles. The number of rotatable bonds is 5. The van der Waals surface area contributed by atoms with E-state index in [4.69, 9.17) is 0 Å². The van der Waals surface area contributed by atoms with Gasteiger partial charge in [0.1, 0.15) is 0 Å². The van der Waals surface area contributed by atoms with Crippen molar-refractivity contribution in [3.05, 3.63) is 34.9 Å². The molecule has 15 heavy (non-hydrogen) atoms. The highest BCUT2D eigenvalue weighted by atomic mass is 32.2. The smallest absolute Gasteiger partial charge is 0.0678 e. The zero-order chi connectivity index (χ0) is 11.1. The van der Waals surface area contributed by atoms with Crippen molar-refractivity contribution < 1.29 is 0 Å². The second-order valence-electron chi connectivity index (χ2n) is 4.22. The maximum atomic E-state index is 2.34. The van der Waals surface area contributed by atoms with Gasteiger partial charge in [0.25, 0.3) is 0 Å². The first-order chi connectivity index (χ1) is 7.18. The average molecular weight is 223 g/mol. The number of nitrogens with zero attached hydrogens (tertiary/aromatic N) is 1. The van der Waals surface area contributed by atoms with E-state index in [9.17, 15) is 0 Å². The highest BCUT2D eigenvalue weighted by Crippen LogP contribution is 2.15. The lowest BCUT2D eigenvalue weighted by molar-refractivity contribution is 0.497. The molecule has 0 aromatic carbocycles. The first kappa shape index (κ1) is 12.4. The zero-order valence-corrected chi connectivity index (χ0v) is 10.8. The van der Waals surface area contributed by atoms with E-state index in [1.165, 1.54) is 24.0 Å². The van der Waals surface area contributed by atoms with Gasteiger partial charge in [0.05, 0.1) is 5.88 Å². The van der Waals surface area contributed by atoms with Gasteiger partial charge in [-0.05, 0) is 39.0 Å². The van der Waals surface area contributed by atoms with Crippen LogP contribution in [0.15, 0.2) is 34.9 Å². The summed E-state index contributed by atoms with van der Waals surface area (Å²) >= 11 is 1.86. The molecule has 1 nitrogen and oxygen atoms in total. The van der Waals surface area contributed by atoms with Crippen LogP contribution in [0.4, 0.5) is 0 Å². The molecular weight excluding hydrogens is 202 g/mol. The zero-order valence-electron chi connectivity index (χ0n) is 9.99. The largest absolute Gasteiger partial charge is 0.364 e. The summed E-state index contributed by atoms with van der Waals surface area (Å²) in [6.45, 7) is 7.60. The van der Waals surface area contributed by atoms with Gasteiger partial charge in [-0.2, -0.15) is 0 Å². The summed E-state index contributed by atoms with van der Waals surface area (Å²) in [7, 11) is 0. The maximum absolute atomic E-state index is 2.34. The molecule has 1 aliphatic heterocycles. The van der Waals surface area contributed by atoms with E-state index in [2.05, 4.69) is 49.4 Å². The molecule has 0 unspecified atom stereocenters. The predicted octanol–water partition coefficient (Wildman–Crippen LogP) is 4.16. The van der Waals surface area contributed by atoms with E-state index in [0.29, 0.717) is 0 Å². The molecular formula is C13H21NS. The van der Waals surface area contributed by atoms with Crippen LogP contribution >= 0.6 is 11.8 Å². The lowest BCUT2D eigenvalue weighted by Crippen LogP contribution is -2.12. The van der Waals surface area contributed by atoms with Gasteiger partial charge in [0.2, 0.25) is 0 Å². The van der Waals surface area contributed by atoms with Crippen molar-refractivity contribution in [3.8, 4) is 0 Å².